The molecule has 234 valence electrons. The van der Waals surface area contributed by atoms with Crippen molar-refractivity contribution in [1.82, 2.24) is 14.3 Å². The molecule has 1 aliphatic heterocycles. The van der Waals surface area contributed by atoms with Crippen molar-refractivity contribution in [1.29, 1.82) is 0 Å². The van der Waals surface area contributed by atoms with Crippen LogP contribution in [0.3, 0.4) is 0 Å². The lowest BCUT2D eigenvalue weighted by Gasteiger charge is -2.26. The van der Waals surface area contributed by atoms with E-state index in [-0.39, 0.29) is 31.1 Å². The van der Waals surface area contributed by atoms with Gasteiger partial charge in [-0.05, 0) is 36.3 Å². The van der Waals surface area contributed by atoms with Crippen molar-refractivity contribution < 1.29 is 31.3 Å². The average molecular weight is 641 g/mol. The number of nitrogens with zero attached hydrogens (tertiary/aromatic N) is 2. The highest BCUT2D eigenvalue weighted by Gasteiger charge is 2.62. The second kappa shape index (κ2) is 11.1. The van der Waals surface area contributed by atoms with Gasteiger partial charge in [-0.3, -0.25) is 14.3 Å². The van der Waals surface area contributed by atoms with Crippen LogP contribution in [-0.4, -0.2) is 73.9 Å². The van der Waals surface area contributed by atoms with Crippen LogP contribution >= 0.6 is 0 Å². The van der Waals surface area contributed by atoms with Crippen LogP contribution in [-0.2, 0) is 34.5 Å². The Bertz CT molecular complexity index is 1720. The summed E-state index contributed by atoms with van der Waals surface area (Å²) in [7, 11) is -7.76. The summed E-state index contributed by atoms with van der Waals surface area (Å²) in [5.74, 6) is -2.41. The zero-order valence-electron chi connectivity index (χ0n) is 24.6. The van der Waals surface area contributed by atoms with Crippen molar-refractivity contribution in [2.24, 2.45) is 17.0 Å². The number of hydrogen-bond donors (Lipinski definition) is 2. The summed E-state index contributed by atoms with van der Waals surface area (Å²) in [6.07, 6.45) is 1.85. The molecule has 2 aromatic carbocycles. The number of carbonyl (C=O) groups excluding carboxylic acids is 2. The van der Waals surface area contributed by atoms with Gasteiger partial charge in [0.25, 0.3) is 5.91 Å². The number of carbonyl (C=O) groups is 2. The van der Waals surface area contributed by atoms with Crippen LogP contribution < -0.4 is 10.0 Å². The largest absolute Gasteiger partial charge is 0.390 e. The minimum absolute atomic E-state index is 0.0000594. The predicted octanol–water partition coefficient (Wildman–Crippen LogP) is 2.53. The number of amides is 2. The maximum Gasteiger partial charge on any atom is 0.259 e. The second-order valence-corrected chi connectivity index (χ2v) is 16.4. The molecule has 0 spiro atoms. The zero-order valence-corrected chi connectivity index (χ0v) is 26.2. The standard InChI is InChI=1S/C31H36N4O7S2/c1-4-20-16-31(20,30(37)34-44(40,41)22-13-14-22)32-29(36)27-15-21(17-35(27)43(38,39)18-19(2)3)42-33-28-25-11-7-5-9-23(25)24-10-6-8-12-26(24)28/h4-12,19-22,27H,1,13-18H2,2-3H3,(H,32,36)(H,34,37)/t20-,21?,27?,31-/m1/s1. The van der Waals surface area contributed by atoms with Gasteiger partial charge in [-0.15, -0.1) is 6.58 Å². The molecular weight excluding hydrogens is 604 g/mol. The summed E-state index contributed by atoms with van der Waals surface area (Å²) >= 11 is 0. The molecule has 13 heteroatoms. The van der Waals surface area contributed by atoms with Gasteiger partial charge in [-0.25, -0.2) is 16.8 Å². The first-order valence-corrected chi connectivity index (χ1v) is 17.9. The van der Waals surface area contributed by atoms with E-state index in [1.807, 2.05) is 48.5 Å². The number of nitrogens with one attached hydrogen (secondary N) is 2. The molecule has 2 saturated carbocycles. The Hall–Kier alpha value is -3.55. The smallest absolute Gasteiger partial charge is 0.259 e. The summed E-state index contributed by atoms with van der Waals surface area (Å²) in [4.78, 5) is 33.0. The first-order chi connectivity index (χ1) is 20.9. The van der Waals surface area contributed by atoms with Gasteiger partial charge in [0.15, 0.2) is 0 Å². The van der Waals surface area contributed by atoms with Gasteiger partial charge in [-0.1, -0.05) is 73.6 Å². The molecule has 0 bridgehead atoms. The summed E-state index contributed by atoms with van der Waals surface area (Å²) in [6.45, 7) is 7.16. The van der Waals surface area contributed by atoms with E-state index in [0.29, 0.717) is 18.6 Å². The molecule has 2 amide bonds. The highest BCUT2D eigenvalue weighted by Crippen LogP contribution is 2.45. The van der Waals surface area contributed by atoms with Crippen LogP contribution in [0.1, 0.15) is 50.7 Å². The molecule has 4 aliphatic rings. The van der Waals surface area contributed by atoms with E-state index in [0.717, 1.165) is 26.6 Å². The third kappa shape index (κ3) is 5.56. The molecular formula is C31H36N4O7S2. The number of fused-ring (bicyclic) bond motifs is 3. The number of hydrogen-bond acceptors (Lipinski definition) is 8. The number of rotatable bonds is 11. The van der Waals surface area contributed by atoms with Gasteiger partial charge >= 0.3 is 0 Å². The fourth-order valence-corrected chi connectivity index (χ4v) is 9.51. The van der Waals surface area contributed by atoms with E-state index < -0.39 is 60.7 Å². The molecule has 1 saturated heterocycles. The first-order valence-electron chi connectivity index (χ1n) is 14.8. The normalized spacial score (nSPS) is 26.1. The van der Waals surface area contributed by atoms with E-state index in [9.17, 15) is 26.4 Å². The van der Waals surface area contributed by atoms with E-state index >= 15 is 0 Å². The van der Waals surface area contributed by atoms with Gasteiger partial charge in [-0.2, -0.15) is 4.31 Å². The maximum absolute atomic E-state index is 13.8. The topological polar surface area (TPSA) is 151 Å². The van der Waals surface area contributed by atoms with E-state index in [2.05, 4.69) is 21.8 Å². The van der Waals surface area contributed by atoms with Crippen molar-refractivity contribution in [3.05, 3.63) is 72.3 Å². The molecule has 1 heterocycles. The Kier molecular flexibility index (Phi) is 7.70. The monoisotopic (exact) mass is 640 g/mol. The van der Waals surface area contributed by atoms with Crippen molar-refractivity contribution in [3.63, 3.8) is 0 Å². The summed E-state index contributed by atoms with van der Waals surface area (Å²) < 4.78 is 55.2. The third-order valence-electron chi connectivity index (χ3n) is 8.62. The number of oxime groups is 1. The minimum Gasteiger partial charge on any atom is -0.390 e. The summed E-state index contributed by atoms with van der Waals surface area (Å²) in [5.41, 5.74) is 2.92. The molecule has 44 heavy (non-hydrogen) atoms. The number of benzene rings is 2. The minimum atomic E-state index is -3.90. The highest BCUT2D eigenvalue weighted by molar-refractivity contribution is 7.91. The van der Waals surface area contributed by atoms with Crippen molar-refractivity contribution in [3.8, 4) is 11.1 Å². The third-order valence-corrected chi connectivity index (χ3v) is 12.6. The fraction of sp³-hybridized carbons (Fsp3) is 0.452. The van der Waals surface area contributed by atoms with Gasteiger partial charge < -0.3 is 10.2 Å². The molecule has 3 aliphatic carbocycles. The SMILES string of the molecule is C=C[C@@H]1C[C@]1(NC(=O)C1CC(ON=C2c3ccccc3-c3ccccc32)CN1S(=O)(=O)CC(C)C)C(=O)NS(=O)(=O)C1CC1. The van der Waals surface area contributed by atoms with Crippen LogP contribution in [0, 0.1) is 11.8 Å². The van der Waals surface area contributed by atoms with Crippen LogP contribution in [0.5, 0.6) is 0 Å². The van der Waals surface area contributed by atoms with Crippen LogP contribution in [0.4, 0.5) is 0 Å². The van der Waals surface area contributed by atoms with Gasteiger partial charge in [0.2, 0.25) is 26.0 Å². The molecule has 2 aromatic rings. The Morgan fingerprint density at radius 1 is 1.05 bits per heavy atom. The lowest BCUT2D eigenvalue weighted by molar-refractivity contribution is -0.131. The molecule has 2 N–H and O–H groups in total. The molecule has 0 radical (unpaired) electrons. The average Bonchev–Trinajstić information content (AvgIpc) is 3.88. The summed E-state index contributed by atoms with van der Waals surface area (Å²) in [5, 5.41) is 6.57. The Morgan fingerprint density at radius 3 is 2.16 bits per heavy atom. The van der Waals surface area contributed by atoms with Crippen molar-refractivity contribution >= 4 is 37.6 Å². The molecule has 2 unspecified atom stereocenters. The van der Waals surface area contributed by atoms with Crippen LogP contribution in [0.2, 0.25) is 0 Å². The Morgan fingerprint density at radius 2 is 1.64 bits per heavy atom. The van der Waals surface area contributed by atoms with Crippen molar-refractivity contribution in [2.75, 3.05) is 12.3 Å². The highest BCUT2D eigenvalue weighted by atomic mass is 32.2. The summed E-state index contributed by atoms with van der Waals surface area (Å²) in [6, 6.07) is 14.4. The second-order valence-electron chi connectivity index (χ2n) is 12.4. The fourth-order valence-electron chi connectivity index (χ4n) is 6.15. The lowest BCUT2D eigenvalue weighted by Crippen LogP contribution is -2.56. The van der Waals surface area contributed by atoms with Gasteiger partial charge in [0, 0.05) is 23.5 Å². The van der Waals surface area contributed by atoms with Crippen LogP contribution in [0.25, 0.3) is 11.1 Å². The predicted molar refractivity (Wildman–Crippen MR) is 165 cm³/mol. The Balaban J connectivity index is 1.25. The molecule has 6 rings (SSSR count). The van der Waals surface area contributed by atoms with E-state index in [4.69, 9.17) is 4.84 Å². The first kappa shape index (κ1) is 30.5. The molecule has 0 aromatic heterocycles. The quantitative estimate of drug-likeness (QED) is 0.242. The van der Waals surface area contributed by atoms with E-state index in [1.54, 1.807) is 13.8 Å². The van der Waals surface area contributed by atoms with Crippen LogP contribution in [0.15, 0.2) is 66.3 Å². The Labute approximate surface area is 257 Å². The molecule has 4 atom stereocenters. The van der Waals surface area contributed by atoms with E-state index in [1.165, 1.54) is 6.08 Å². The molecule has 11 nitrogen and oxygen atoms in total. The molecule has 3 fully saturated rings. The van der Waals surface area contributed by atoms with Crippen molar-refractivity contribution in [2.45, 2.75) is 62.5 Å². The number of sulfonamides is 2. The van der Waals surface area contributed by atoms with Gasteiger partial charge in [0.1, 0.15) is 23.4 Å². The maximum atomic E-state index is 13.8. The lowest BCUT2D eigenvalue weighted by atomic mass is 10.1. The van der Waals surface area contributed by atoms with Gasteiger partial charge in [0.05, 0.1) is 17.5 Å². The zero-order chi connectivity index (χ0) is 31.4.